The molecule has 0 unspecified atom stereocenters. The molecule has 1 saturated heterocycles. The molecule has 1 aliphatic heterocycles. The van der Waals surface area contributed by atoms with Crippen molar-refractivity contribution in [2.45, 2.75) is 58.9 Å². The number of carbonyl (C=O) groups is 1. The maximum absolute atomic E-state index is 12.4. The second-order valence-electron chi connectivity index (χ2n) is 7.20. The summed E-state index contributed by atoms with van der Waals surface area (Å²) in [7, 11) is 0. The zero-order valence-corrected chi connectivity index (χ0v) is 15.0. The Morgan fingerprint density at radius 2 is 1.96 bits per heavy atom. The highest BCUT2D eigenvalue weighted by atomic mass is 16.4. The summed E-state index contributed by atoms with van der Waals surface area (Å²) >= 11 is 0. The first-order valence-corrected chi connectivity index (χ1v) is 8.93. The summed E-state index contributed by atoms with van der Waals surface area (Å²) in [6.07, 6.45) is 4.92. The van der Waals surface area contributed by atoms with Gasteiger partial charge in [0.15, 0.2) is 6.04 Å². The smallest absolute Gasteiger partial charge is 0.328 e. The van der Waals surface area contributed by atoms with Gasteiger partial charge in [-0.3, -0.25) is 4.79 Å². The van der Waals surface area contributed by atoms with Gasteiger partial charge in [-0.2, -0.15) is 5.10 Å². The van der Waals surface area contributed by atoms with Crippen LogP contribution in [0.4, 0.5) is 0 Å². The average molecular weight is 335 g/mol. The standard InChI is InChI=1S/C18H29N3O3/c1-13(2)11-16(18(23)24)21-17(22)14(3)12-15(19-21)7-10-20-8-5-4-6-9-20/h12-13,16H,4-11H2,1-3H3,(H,23,24)/t16-/m0/s1. The highest BCUT2D eigenvalue weighted by Crippen LogP contribution is 2.16. The predicted molar refractivity (Wildman–Crippen MR) is 93.4 cm³/mol. The van der Waals surface area contributed by atoms with Gasteiger partial charge in [0.1, 0.15) is 0 Å². The lowest BCUT2D eigenvalue weighted by Gasteiger charge is -2.26. The van der Waals surface area contributed by atoms with Crippen molar-refractivity contribution in [2.75, 3.05) is 19.6 Å². The van der Waals surface area contributed by atoms with Gasteiger partial charge in [0.2, 0.25) is 0 Å². The van der Waals surface area contributed by atoms with Crippen LogP contribution in [0.1, 0.15) is 56.8 Å². The summed E-state index contributed by atoms with van der Waals surface area (Å²) in [6, 6.07) is 0.906. The fourth-order valence-electron chi connectivity index (χ4n) is 3.25. The van der Waals surface area contributed by atoms with Gasteiger partial charge >= 0.3 is 5.97 Å². The number of rotatable bonds is 7. The van der Waals surface area contributed by atoms with E-state index in [1.807, 2.05) is 13.8 Å². The Labute approximate surface area is 143 Å². The third-order valence-electron chi connectivity index (χ3n) is 4.57. The van der Waals surface area contributed by atoms with Gasteiger partial charge in [-0.15, -0.1) is 0 Å². The topological polar surface area (TPSA) is 75.4 Å². The quantitative estimate of drug-likeness (QED) is 0.827. The molecule has 0 aliphatic carbocycles. The van der Waals surface area contributed by atoms with Crippen LogP contribution in [0, 0.1) is 12.8 Å². The van der Waals surface area contributed by atoms with Crippen LogP contribution in [0.25, 0.3) is 0 Å². The highest BCUT2D eigenvalue weighted by Gasteiger charge is 2.24. The Hall–Kier alpha value is -1.69. The van der Waals surface area contributed by atoms with Crippen molar-refractivity contribution in [3.8, 4) is 0 Å². The highest BCUT2D eigenvalue weighted by molar-refractivity contribution is 5.71. The van der Waals surface area contributed by atoms with Gasteiger partial charge < -0.3 is 10.0 Å². The Morgan fingerprint density at radius 1 is 1.29 bits per heavy atom. The summed E-state index contributed by atoms with van der Waals surface area (Å²) in [5.74, 6) is -0.817. The van der Waals surface area contributed by atoms with E-state index in [4.69, 9.17) is 0 Å². The number of likely N-dealkylation sites (tertiary alicyclic amines) is 1. The summed E-state index contributed by atoms with van der Waals surface area (Å²) in [5, 5.41) is 13.9. The molecule has 2 heterocycles. The van der Waals surface area contributed by atoms with Crippen molar-refractivity contribution < 1.29 is 9.90 Å². The zero-order valence-electron chi connectivity index (χ0n) is 15.0. The Balaban J connectivity index is 2.19. The van der Waals surface area contributed by atoms with Crippen LogP contribution in [-0.4, -0.2) is 45.4 Å². The number of aromatic nitrogens is 2. The molecular formula is C18H29N3O3. The summed E-state index contributed by atoms with van der Waals surface area (Å²) in [6.45, 7) is 8.78. The molecule has 0 spiro atoms. The number of hydrogen-bond donors (Lipinski definition) is 1. The second kappa shape index (κ2) is 8.42. The van der Waals surface area contributed by atoms with Crippen molar-refractivity contribution in [2.24, 2.45) is 5.92 Å². The van der Waals surface area contributed by atoms with E-state index in [0.717, 1.165) is 31.7 Å². The number of carboxylic acids is 1. The van der Waals surface area contributed by atoms with Crippen LogP contribution in [0.5, 0.6) is 0 Å². The molecule has 1 N–H and O–H groups in total. The zero-order chi connectivity index (χ0) is 17.7. The van der Waals surface area contributed by atoms with Gasteiger partial charge in [0.05, 0.1) is 5.69 Å². The molecular weight excluding hydrogens is 306 g/mol. The first kappa shape index (κ1) is 18.6. The first-order valence-electron chi connectivity index (χ1n) is 8.93. The fourth-order valence-corrected chi connectivity index (χ4v) is 3.25. The predicted octanol–water partition coefficient (Wildman–Crippen LogP) is 2.25. The van der Waals surface area contributed by atoms with Gasteiger partial charge in [-0.25, -0.2) is 9.48 Å². The Morgan fingerprint density at radius 3 is 2.54 bits per heavy atom. The van der Waals surface area contributed by atoms with Crippen molar-refractivity contribution in [3.63, 3.8) is 0 Å². The molecule has 1 aromatic rings. The third kappa shape index (κ3) is 4.90. The van der Waals surface area contributed by atoms with E-state index in [0.29, 0.717) is 12.0 Å². The lowest BCUT2D eigenvalue weighted by Crippen LogP contribution is -2.36. The third-order valence-corrected chi connectivity index (χ3v) is 4.57. The van der Waals surface area contributed by atoms with E-state index in [1.54, 1.807) is 13.0 Å². The summed E-state index contributed by atoms with van der Waals surface area (Å²) in [5.41, 5.74) is 1.06. The molecule has 134 valence electrons. The molecule has 6 heteroatoms. The van der Waals surface area contributed by atoms with Crippen molar-refractivity contribution in [1.82, 2.24) is 14.7 Å². The minimum Gasteiger partial charge on any atom is -0.480 e. The van der Waals surface area contributed by atoms with E-state index >= 15 is 0 Å². The normalized spacial score (nSPS) is 17.2. The van der Waals surface area contributed by atoms with Crippen LogP contribution < -0.4 is 5.56 Å². The van der Waals surface area contributed by atoms with Crippen molar-refractivity contribution in [1.29, 1.82) is 0 Å². The van der Waals surface area contributed by atoms with Gasteiger partial charge in [-0.05, 0) is 51.3 Å². The molecule has 1 aliphatic rings. The molecule has 24 heavy (non-hydrogen) atoms. The second-order valence-corrected chi connectivity index (χ2v) is 7.20. The van der Waals surface area contributed by atoms with E-state index in [1.165, 1.54) is 23.9 Å². The van der Waals surface area contributed by atoms with E-state index in [9.17, 15) is 14.7 Å². The van der Waals surface area contributed by atoms with E-state index < -0.39 is 12.0 Å². The SMILES string of the molecule is Cc1cc(CCN2CCCCC2)nn([C@@H](CC(C)C)C(=O)O)c1=O. The molecule has 0 radical (unpaired) electrons. The van der Waals surface area contributed by atoms with Crippen molar-refractivity contribution in [3.05, 3.63) is 27.7 Å². The maximum atomic E-state index is 12.4. The monoisotopic (exact) mass is 335 g/mol. The lowest BCUT2D eigenvalue weighted by molar-refractivity contribution is -0.141. The maximum Gasteiger partial charge on any atom is 0.328 e. The first-order chi connectivity index (χ1) is 11.4. The van der Waals surface area contributed by atoms with Crippen LogP contribution in [0.15, 0.2) is 10.9 Å². The minimum atomic E-state index is -0.995. The van der Waals surface area contributed by atoms with Crippen LogP contribution in [0.3, 0.4) is 0 Å². The average Bonchev–Trinajstić information content (AvgIpc) is 2.54. The molecule has 0 aromatic carbocycles. The molecule has 0 saturated carbocycles. The van der Waals surface area contributed by atoms with Crippen LogP contribution >= 0.6 is 0 Å². The summed E-state index contributed by atoms with van der Waals surface area (Å²) < 4.78 is 1.18. The number of nitrogens with zero attached hydrogens (tertiary/aromatic N) is 3. The number of aliphatic carboxylic acids is 1. The largest absolute Gasteiger partial charge is 0.480 e. The Bertz CT molecular complexity index is 618. The van der Waals surface area contributed by atoms with E-state index in [-0.39, 0.29) is 11.5 Å². The van der Waals surface area contributed by atoms with Gasteiger partial charge in [0.25, 0.3) is 5.56 Å². The van der Waals surface area contributed by atoms with Crippen LogP contribution in [0.2, 0.25) is 0 Å². The number of carboxylic acid groups (broad SMARTS) is 1. The number of piperidine rings is 1. The fraction of sp³-hybridized carbons (Fsp3) is 0.722. The van der Waals surface area contributed by atoms with Crippen LogP contribution in [-0.2, 0) is 11.2 Å². The Kier molecular flexibility index (Phi) is 6.54. The van der Waals surface area contributed by atoms with Crippen molar-refractivity contribution >= 4 is 5.97 Å². The number of aryl methyl sites for hydroxylation is 1. The molecule has 0 bridgehead atoms. The molecule has 1 fully saturated rings. The number of hydrogen-bond acceptors (Lipinski definition) is 4. The van der Waals surface area contributed by atoms with Gasteiger partial charge in [-0.1, -0.05) is 20.3 Å². The molecule has 1 atom stereocenters. The van der Waals surface area contributed by atoms with E-state index in [2.05, 4.69) is 10.00 Å². The lowest BCUT2D eigenvalue weighted by atomic mass is 10.0. The molecule has 1 aromatic heterocycles. The molecule has 0 amide bonds. The summed E-state index contributed by atoms with van der Waals surface area (Å²) in [4.78, 5) is 26.4. The molecule has 6 nitrogen and oxygen atoms in total. The minimum absolute atomic E-state index is 0.178. The van der Waals surface area contributed by atoms with Gasteiger partial charge in [0, 0.05) is 18.5 Å². The molecule has 2 rings (SSSR count).